The third-order valence-electron chi connectivity index (χ3n) is 2.83. The van der Waals surface area contributed by atoms with Crippen LogP contribution in [0, 0.1) is 11.7 Å². The van der Waals surface area contributed by atoms with Crippen LogP contribution in [0.2, 0.25) is 0 Å². The molecule has 1 rings (SSSR count). The number of nitrogens with one attached hydrogen (secondary N) is 1. The van der Waals surface area contributed by atoms with E-state index in [1.54, 1.807) is 0 Å². The third-order valence-corrected chi connectivity index (χ3v) is 3.65. The van der Waals surface area contributed by atoms with Crippen LogP contribution in [0.5, 0.6) is 0 Å². The molecule has 1 atom stereocenters. The molecule has 1 aromatic rings. The monoisotopic (exact) mass is 335 g/mol. The van der Waals surface area contributed by atoms with Crippen LogP contribution in [-0.4, -0.2) is 18.3 Å². The molecule has 0 bridgehead atoms. The summed E-state index contributed by atoms with van der Waals surface area (Å²) in [4.78, 5) is 11.8. The maximum Gasteiger partial charge on any atom is 0.251 e. The summed E-state index contributed by atoms with van der Waals surface area (Å²) in [6.45, 7) is 2.66. The van der Waals surface area contributed by atoms with Crippen molar-refractivity contribution in [2.24, 2.45) is 5.92 Å². The largest absolute Gasteiger partial charge is 0.352 e. The summed E-state index contributed by atoms with van der Waals surface area (Å²) in [5.41, 5.74) is 0.448. The fourth-order valence-corrected chi connectivity index (χ4v) is 2.27. The van der Waals surface area contributed by atoms with Crippen LogP contribution in [0.1, 0.15) is 30.1 Å². The highest BCUT2D eigenvalue weighted by atomic mass is 79.9. The molecule has 0 radical (unpaired) electrons. The minimum absolute atomic E-state index is 0.191. The zero-order valence-electron chi connectivity index (χ0n) is 10.2. The quantitative estimate of drug-likeness (QED) is 0.782. The van der Waals surface area contributed by atoms with Crippen molar-refractivity contribution in [3.63, 3.8) is 0 Å². The molecule has 1 amide bonds. The van der Waals surface area contributed by atoms with Gasteiger partial charge in [-0.25, -0.2) is 4.39 Å². The van der Waals surface area contributed by atoms with Gasteiger partial charge in [0.2, 0.25) is 0 Å². The molecule has 0 aliphatic rings. The predicted octanol–water partition coefficient (Wildman–Crippen LogP) is 3.97. The molecule has 2 nitrogen and oxygen atoms in total. The molecule has 0 spiro atoms. The van der Waals surface area contributed by atoms with Gasteiger partial charge in [0.05, 0.1) is 4.47 Å². The van der Waals surface area contributed by atoms with Gasteiger partial charge in [-0.3, -0.25) is 4.79 Å². The molecule has 0 aliphatic heterocycles. The molecule has 1 unspecified atom stereocenters. The maximum atomic E-state index is 13.0. The first kappa shape index (κ1) is 15.4. The van der Waals surface area contributed by atoms with E-state index < -0.39 is 0 Å². The van der Waals surface area contributed by atoms with Gasteiger partial charge in [0.15, 0.2) is 0 Å². The zero-order chi connectivity index (χ0) is 13.5. The summed E-state index contributed by atoms with van der Waals surface area (Å²) >= 11 is 8.75. The van der Waals surface area contributed by atoms with Gasteiger partial charge in [-0.15, -0.1) is 11.6 Å². The average molecular weight is 337 g/mol. The van der Waals surface area contributed by atoms with Crippen LogP contribution in [0.25, 0.3) is 0 Å². The standard InChI is InChI=1S/C13H16BrClFNO/c1-2-9(5-6-15)8-17-13(18)10-3-4-12(16)11(14)7-10/h3-4,7,9H,2,5-6,8H2,1H3,(H,17,18). The number of amides is 1. The second-order valence-corrected chi connectivity index (χ2v) is 5.32. The minimum atomic E-state index is -0.375. The smallest absolute Gasteiger partial charge is 0.251 e. The fourth-order valence-electron chi connectivity index (χ4n) is 1.58. The van der Waals surface area contributed by atoms with Crippen LogP contribution >= 0.6 is 27.5 Å². The molecule has 0 saturated carbocycles. The van der Waals surface area contributed by atoms with Crippen LogP contribution < -0.4 is 5.32 Å². The summed E-state index contributed by atoms with van der Waals surface area (Å²) < 4.78 is 13.3. The molecule has 1 aromatic carbocycles. The van der Waals surface area contributed by atoms with Crippen molar-refractivity contribution >= 4 is 33.4 Å². The first-order chi connectivity index (χ1) is 8.58. The van der Waals surface area contributed by atoms with Crippen LogP contribution in [0.3, 0.4) is 0 Å². The highest BCUT2D eigenvalue weighted by Gasteiger charge is 2.11. The number of alkyl halides is 1. The van der Waals surface area contributed by atoms with Gasteiger partial charge in [0.1, 0.15) is 5.82 Å². The molecule has 100 valence electrons. The number of carbonyl (C=O) groups is 1. The van der Waals surface area contributed by atoms with Crippen molar-refractivity contribution in [2.45, 2.75) is 19.8 Å². The van der Waals surface area contributed by atoms with E-state index in [1.165, 1.54) is 18.2 Å². The van der Waals surface area contributed by atoms with E-state index in [-0.39, 0.29) is 11.7 Å². The Balaban J connectivity index is 2.57. The van der Waals surface area contributed by atoms with E-state index in [1.807, 2.05) is 0 Å². The molecule has 1 N–H and O–H groups in total. The van der Waals surface area contributed by atoms with E-state index in [9.17, 15) is 9.18 Å². The number of benzene rings is 1. The van der Waals surface area contributed by atoms with Crippen molar-refractivity contribution in [3.05, 3.63) is 34.1 Å². The number of rotatable bonds is 6. The second-order valence-electron chi connectivity index (χ2n) is 4.09. The molecular formula is C13H16BrClFNO. The Morgan fingerprint density at radius 1 is 1.56 bits per heavy atom. The third kappa shape index (κ3) is 4.58. The number of carbonyl (C=O) groups excluding carboxylic acids is 1. The van der Waals surface area contributed by atoms with Crippen molar-refractivity contribution in [2.75, 3.05) is 12.4 Å². The number of hydrogen-bond donors (Lipinski definition) is 1. The van der Waals surface area contributed by atoms with Gasteiger partial charge >= 0.3 is 0 Å². The highest BCUT2D eigenvalue weighted by Crippen LogP contribution is 2.17. The van der Waals surface area contributed by atoms with Gasteiger partial charge in [-0.1, -0.05) is 13.3 Å². The molecular weight excluding hydrogens is 321 g/mol. The van der Waals surface area contributed by atoms with E-state index in [4.69, 9.17) is 11.6 Å². The molecule has 0 fully saturated rings. The van der Waals surface area contributed by atoms with Crippen LogP contribution in [-0.2, 0) is 0 Å². The number of halogens is 3. The van der Waals surface area contributed by atoms with Crippen molar-refractivity contribution in [1.29, 1.82) is 0 Å². The van der Waals surface area contributed by atoms with Crippen LogP contribution in [0.15, 0.2) is 22.7 Å². The van der Waals surface area contributed by atoms with Crippen LogP contribution in [0.4, 0.5) is 4.39 Å². The van der Waals surface area contributed by atoms with E-state index in [2.05, 4.69) is 28.2 Å². The van der Waals surface area contributed by atoms with Gasteiger partial charge in [-0.05, 0) is 46.5 Å². The maximum absolute atomic E-state index is 13.0. The normalized spacial score (nSPS) is 12.2. The lowest BCUT2D eigenvalue weighted by Gasteiger charge is -2.14. The van der Waals surface area contributed by atoms with E-state index in [0.717, 1.165) is 12.8 Å². The van der Waals surface area contributed by atoms with Gasteiger partial charge < -0.3 is 5.32 Å². The molecule has 0 aliphatic carbocycles. The second kappa shape index (κ2) is 7.74. The lowest BCUT2D eigenvalue weighted by atomic mass is 10.0. The Bertz CT molecular complexity index is 414. The first-order valence-corrected chi connectivity index (χ1v) is 7.20. The van der Waals surface area contributed by atoms with E-state index in [0.29, 0.717) is 28.4 Å². The molecule has 5 heteroatoms. The van der Waals surface area contributed by atoms with Crippen molar-refractivity contribution < 1.29 is 9.18 Å². The molecule has 0 aromatic heterocycles. The first-order valence-electron chi connectivity index (χ1n) is 5.87. The average Bonchev–Trinajstić information content (AvgIpc) is 2.37. The summed E-state index contributed by atoms with van der Waals surface area (Å²) in [7, 11) is 0. The highest BCUT2D eigenvalue weighted by molar-refractivity contribution is 9.10. The summed E-state index contributed by atoms with van der Waals surface area (Å²) in [6.07, 6.45) is 1.85. The summed E-state index contributed by atoms with van der Waals surface area (Å²) in [5, 5.41) is 2.84. The Morgan fingerprint density at radius 3 is 2.83 bits per heavy atom. The van der Waals surface area contributed by atoms with Gasteiger partial charge in [0.25, 0.3) is 5.91 Å². The van der Waals surface area contributed by atoms with E-state index >= 15 is 0 Å². The lowest BCUT2D eigenvalue weighted by molar-refractivity contribution is 0.0946. The topological polar surface area (TPSA) is 29.1 Å². The SMILES string of the molecule is CCC(CCCl)CNC(=O)c1ccc(F)c(Br)c1. The fraction of sp³-hybridized carbons (Fsp3) is 0.462. The zero-order valence-corrected chi connectivity index (χ0v) is 12.5. The summed E-state index contributed by atoms with van der Waals surface area (Å²) in [5.74, 6) is 0.412. The van der Waals surface area contributed by atoms with Crippen molar-refractivity contribution in [1.82, 2.24) is 5.32 Å². The van der Waals surface area contributed by atoms with Gasteiger partial charge in [0, 0.05) is 18.0 Å². The Hall–Kier alpha value is -0.610. The minimum Gasteiger partial charge on any atom is -0.352 e. The lowest BCUT2D eigenvalue weighted by Crippen LogP contribution is -2.29. The molecule has 0 saturated heterocycles. The Morgan fingerprint density at radius 2 is 2.28 bits per heavy atom. The summed E-state index contributed by atoms with van der Waals surface area (Å²) in [6, 6.07) is 4.22. The Labute approximate surface area is 120 Å². The predicted molar refractivity (Wildman–Crippen MR) is 75.6 cm³/mol. The number of hydrogen-bond acceptors (Lipinski definition) is 1. The van der Waals surface area contributed by atoms with Gasteiger partial charge in [-0.2, -0.15) is 0 Å². The van der Waals surface area contributed by atoms with Crippen molar-refractivity contribution in [3.8, 4) is 0 Å². The Kier molecular flexibility index (Phi) is 6.65. The molecule has 18 heavy (non-hydrogen) atoms. The molecule has 0 heterocycles.